The number of phenols is 1. The SMILES string of the molecule is Cl.O=[N+]([O-])c1cc([C@@H]2CNCCN2)ccc1O. The molecule has 94 valence electrons. The van der Waals surface area contributed by atoms with Gasteiger partial charge in [-0.3, -0.25) is 10.1 Å². The number of rotatable bonds is 2. The summed E-state index contributed by atoms with van der Waals surface area (Å²) in [6.45, 7) is 2.47. The minimum atomic E-state index is -0.574. The quantitative estimate of drug-likeness (QED) is 0.544. The van der Waals surface area contributed by atoms with Gasteiger partial charge < -0.3 is 15.7 Å². The van der Waals surface area contributed by atoms with Gasteiger partial charge in [0.2, 0.25) is 0 Å². The van der Waals surface area contributed by atoms with Crippen molar-refractivity contribution in [3.8, 4) is 5.75 Å². The van der Waals surface area contributed by atoms with Crippen LogP contribution in [0.2, 0.25) is 0 Å². The Hall–Kier alpha value is -1.37. The smallest absolute Gasteiger partial charge is 0.311 e. The van der Waals surface area contributed by atoms with Gasteiger partial charge in [0.05, 0.1) is 4.92 Å². The Kier molecular flexibility index (Phi) is 4.68. The lowest BCUT2D eigenvalue weighted by molar-refractivity contribution is -0.385. The van der Waals surface area contributed by atoms with E-state index in [-0.39, 0.29) is 29.9 Å². The van der Waals surface area contributed by atoms with Gasteiger partial charge in [0.15, 0.2) is 5.75 Å². The number of nitrogens with one attached hydrogen (secondary N) is 2. The molecule has 1 aromatic rings. The molecule has 17 heavy (non-hydrogen) atoms. The normalized spacial score (nSPS) is 19.4. The second-order valence-electron chi connectivity index (χ2n) is 3.72. The largest absolute Gasteiger partial charge is 0.502 e. The maximum atomic E-state index is 10.7. The molecule has 0 bridgehead atoms. The van der Waals surface area contributed by atoms with E-state index >= 15 is 0 Å². The van der Waals surface area contributed by atoms with Gasteiger partial charge in [0.1, 0.15) is 0 Å². The molecule has 1 saturated heterocycles. The molecule has 0 radical (unpaired) electrons. The zero-order chi connectivity index (χ0) is 11.5. The van der Waals surface area contributed by atoms with Crippen molar-refractivity contribution in [3.05, 3.63) is 33.9 Å². The molecule has 0 spiro atoms. The fourth-order valence-electron chi connectivity index (χ4n) is 1.79. The van der Waals surface area contributed by atoms with Crippen molar-refractivity contribution in [3.63, 3.8) is 0 Å². The van der Waals surface area contributed by atoms with Crippen LogP contribution < -0.4 is 10.6 Å². The van der Waals surface area contributed by atoms with Gasteiger partial charge in [-0.2, -0.15) is 0 Å². The molecule has 1 aromatic carbocycles. The van der Waals surface area contributed by atoms with Crippen LogP contribution in [-0.2, 0) is 0 Å². The van der Waals surface area contributed by atoms with Gasteiger partial charge in [0.25, 0.3) is 0 Å². The lowest BCUT2D eigenvalue weighted by Crippen LogP contribution is -2.42. The Morgan fingerprint density at radius 1 is 1.41 bits per heavy atom. The molecule has 0 aliphatic carbocycles. The molecule has 0 unspecified atom stereocenters. The van der Waals surface area contributed by atoms with Crippen LogP contribution in [0.5, 0.6) is 5.75 Å². The summed E-state index contributed by atoms with van der Waals surface area (Å²) in [6.07, 6.45) is 0. The maximum absolute atomic E-state index is 10.7. The molecule has 7 heteroatoms. The Morgan fingerprint density at radius 3 is 2.76 bits per heavy atom. The molecule has 0 amide bonds. The van der Waals surface area contributed by atoms with E-state index in [9.17, 15) is 15.2 Å². The number of nitro groups is 1. The third kappa shape index (κ3) is 3.06. The zero-order valence-electron chi connectivity index (χ0n) is 9.05. The standard InChI is InChI=1S/C10H13N3O3.ClH/c14-10-2-1-7(5-9(10)13(15)16)8-6-11-3-4-12-8;/h1-2,5,8,11-12,14H,3-4,6H2;1H/t8-;/m0./s1. The molecular formula is C10H14ClN3O3. The first-order chi connectivity index (χ1) is 7.68. The van der Waals surface area contributed by atoms with Crippen LogP contribution >= 0.6 is 12.4 Å². The van der Waals surface area contributed by atoms with Gasteiger partial charge in [0, 0.05) is 31.7 Å². The lowest BCUT2D eigenvalue weighted by Gasteiger charge is -2.24. The van der Waals surface area contributed by atoms with Crippen LogP contribution in [0.15, 0.2) is 18.2 Å². The van der Waals surface area contributed by atoms with Crippen LogP contribution in [0.3, 0.4) is 0 Å². The summed E-state index contributed by atoms with van der Waals surface area (Å²) in [5.41, 5.74) is 0.571. The van der Waals surface area contributed by atoms with E-state index in [1.54, 1.807) is 6.07 Å². The summed E-state index contributed by atoms with van der Waals surface area (Å²) in [7, 11) is 0. The molecule has 6 nitrogen and oxygen atoms in total. The van der Waals surface area contributed by atoms with E-state index in [0.717, 1.165) is 25.2 Å². The molecule has 1 aliphatic heterocycles. The van der Waals surface area contributed by atoms with Gasteiger partial charge in [-0.25, -0.2) is 0 Å². The fourth-order valence-corrected chi connectivity index (χ4v) is 1.79. The van der Waals surface area contributed by atoms with Gasteiger partial charge in [-0.1, -0.05) is 6.07 Å². The highest BCUT2D eigenvalue weighted by Crippen LogP contribution is 2.28. The third-order valence-corrected chi connectivity index (χ3v) is 2.64. The number of aromatic hydroxyl groups is 1. The van der Waals surface area contributed by atoms with Crippen molar-refractivity contribution in [2.45, 2.75) is 6.04 Å². The van der Waals surface area contributed by atoms with Crippen LogP contribution in [0, 0.1) is 10.1 Å². The van der Waals surface area contributed by atoms with E-state index in [4.69, 9.17) is 0 Å². The summed E-state index contributed by atoms with van der Waals surface area (Å²) in [6, 6.07) is 4.55. The van der Waals surface area contributed by atoms with Gasteiger partial charge in [-0.15, -0.1) is 12.4 Å². The summed E-state index contributed by atoms with van der Waals surface area (Å²) < 4.78 is 0. The van der Waals surface area contributed by atoms with Crippen LogP contribution in [0.1, 0.15) is 11.6 Å². The lowest BCUT2D eigenvalue weighted by atomic mass is 10.0. The number of hydrogen-bond acceptors (Lipinski definition) is 5. The van der Waals surface area contributed by atoms with Crippen LogP contribution in [0.4, 0.5) is 5.69 Å². The number of phenolic OH excluding ortho intramolecular Hbond substituents is 1. The second-order valence-corrected chi connectivity index (χ2v) is 3.72. The topological polar surface area (TPSA) is 87.4 Å². The first kappa shape index (κ1) is 13.7. The molecule has 1 atom stereocenters. The molecule has 3 N–H and O–H groups in total. The molecule has 0 aromatic heterocycles. The predicted molar refractivity (Wildman–Crippen MR) is 65.6 cm³/mol. The van der Waals surface area contributed by atoms with Crippen molar-refractivity contribution in [1.82, 2.24) is 10.6 Å². The summed E-state index contributed by atoms with van der Waals surface area (Å²) in [5.74, 6) is -0.294. The number of nitro benzene ring substituents is 1. The predicted octanol–water partition coefficient (Wildman–Crippen LogP) is 0.956. The van der Waals surface area contributed by atoms with Gasteiger partial charge in [-0.05, 0) is 11.6 Å². The van der Waals surface area contributed by atoms with Crippen LogP contribution in [0.25, 0.3) is 0 Å². The third-order valence-electron chi connectivity index (χ3n) is 2.64. The number of halogens is 1. The minimum Gasteiger partial charge on any atom is -0.502 e. The summed E-state index contributed by atoms with van der Waals surface area (Å²) in [5, 5.41) is 26.4. The van der Waals surface area contributed by atoms with Crippen molar-refractivity contribution in [1.29, 1.82) is 0 Å². The first-order valence-corrected chi connectivity index (χ1v) is 5.10. The van der Waals surface area contributed by atoms with Crippen molar-refractivity contribution in [2.24, 2.45) is 0 Å². The summed E-state index contributed by atoms with van der Waals surface area (Å²) >= 11 is 0. The van der Waals surface area contributed by atoms with Crippen molar-refractivity contribution < 1.29 is 10.0 Å². The number of benzene rings is 1. The van der Waals surface area contributed by atoms with Crippen molar-refractivity contribution in [2.75, 3.05) is 19.6 Å². The Balaban J connectivity index is 0.00000144. The average Bonchev–Trinajstić information content (AvgIpc) is 2.30. The molecular weight excluding hydrogens is 246 g/mol. The monoisotopic (exact) mass is 259 g/mol. The maximum Gasteiger partial charge on any atom is 0.311 e. The highest BCUT2D eigenvalue weighted by molar-refractivity contribution is 5.85. The van der Waals surface area contributed by atoms with E-state index in [1.807, 2.05) is 0 Å². The van der Waals surface area contributed by atoms with Gasteiger partial charge >= 0.3 is 5.69 Å². The minimum absolute atomic E-state index is 0. The number of piperazine rings is 1. The molecule has 1 fully saturated rings. The Bertz CT molecular complexity index is 408. The molecule has 2 rings (SSSR count). The number of hydrogen-bond donors (Lipinski definition) is 3. The highest BCUT2D eigenvalue weighted by Gasteiger charge is 2.19. The highest BCUT2D eigenvalue weighted by atomic mass is 35.5. The Morgan fingerprint density at radius 2 is 2.18 bits per heavy atom. The van der Waals surface area contributed by atoms with E-state index in [2.05, 4.69) is 10.6 Å². The molecule has 1 aliphatic rings. The van der Waals surface area contributed by atoms with Crippen molar-refractivity contribution >= 4 is 18.1 Å². The summed E-state index contributed by atoms with van der Waals surface area (Å²) in [4.78, 5) is 10.1. The molecule has 1 heterocycles. The average molecular weight is 260 g/mol. The number of nitrogens with zero attached hydrogens (tertiary/aromatic N) is 1. The molecule has 0 saturated carbocycles. The Labute approximate surface area is 105 Å². The van der Waals surface area contributed by atoms with E-state index in [1.165, 1.54) is 12.1 Å². The fraction of sp³-hybridized carbons (Fsp3) is 0.400. The first-order valence-electron chi connectivity index (χ1n) is 5.10. The second kappa shape index (κ2) is 5.81. The van der Waals surface area contributed by atoms with Crippen LogP contribution in [-0.4, -0.2) is 29.7 Å². The zero-order valence-corrected chi connectivity index (χ0v) is 9.87. The van der Waals surface area contributed by atoms with E-state index < -0.39 is 4.92 Å². The van der Waals surface area contributed by atoms with E-state index in [0.29, 0.717) is 0 Å².